The van der Waals surface area contributed by atoms with Gasteiger partial charge in [0.2, 0.25) is 0 Å². The summed E-state index contributed by atoms with van der Waals surface area (Å²) in [6.07, 6.45) is 5.54. The van der Waals surface area contributed by atoms with E-state index in [0.29, 0.717) is 11.6 Å². The Kier molecular flexibility index (Phi) is 4.66. The van der Waals surface area contributed by atoms with Gasteiger partial charge in [0.05, 0.1) is 0 Å². The van der Waals surface area contributed by atoms with E-state index in [0.717, 1.165) is 54.3 Å². The molecular weight excluding hydrogens is 340 g/mol. The zero-order valence-electron chi connectivity index (χ0n) is 15.5. The van der Waals surface area contributed by atoms with Gasteiger partial charge in [-0.1, -0.05) is 12.1 Å². The van der Waals surface area contributed by atoms with Gasteiger partial charge in [0.15, 0.2) is 0 Å². The van der Waals surface area contributed by atoms with E-state index >= 15 is 0 Å². The molecule has 27 heavy (non-hydrogen) atoms. The highest BCUT2D eigenvalue weighted by atomic mass is 16.1. The van der Waals surface area contributed by atoms with Gasteiger partial charge in [-0.2, -0.15) is 0 Å². The number of amides is 1. The highest BCUT2D eigenvalue weighted by Crippen LogP contribution is 2.38. The van der Waals surface area contributed by atoms with Crippen molar-refractivity contribution in [3.8, 4) is 0 Å². The molecule has 0 bridgehead atoms. The molecule has 1 aromatic carbocycles. The van der Waals surface area contributed by atoms with Crippen molar-refractivity contribution in [2.45, 2.75) is 38.5 Å². The van der Waals surface area contributed by atoms with Crippen molar-refractivity contribution in [1.82, 2.24) is 24.7 Å². The van der Waals surface area contributed by atoms with Crippen LogP contribution in [0.1, 0.15) is 52.2 Å². The monoisotopic (exact) mass is 362 g/mol. The average molecular weight is 362 g/mol. The third kappa shape index (κ3) is 4.19. The van der Waals surface area contributed by atoms with Crippen molar-refractivity contribution in [2.24, 2.45) is 7.05 Å². The van der Waals surface area contributed by atoms with Crippen molar-refractivity contribution in [3.05, 3.63) is 65.3 Å². The fraction of sp³-hybridized carbons (Fsp3) is 0.350. The van der Waals surface area contributed by atoms with Crippen molar-refractivity contribution in [2.75, 3.05) is 5.32 Å². The molecule has 4 rings (SSSR count). The Morgan fingerprint density at radius 2 is 2.07 bits per heavy atom. The summed E-state index contributed by atoms with van der Waals surface area (Å²) in [5.41, 5.74) is 3.15. The molecule has 0 radical (unpaired) electrons. The second-order valence-electron chi connectivity index (χ2n) is 7.04. The van der Waals surface area contributed by atoms with Gasteiger partial charge >= 0.3 is 0 Å². The highest BCUT2D eigenvalue weighted by Gasteiger charge is 2.27. The van der Waals surface area contributed by atoms with E-state index in [1.807, 2.05) is 42.8 Å². The number of hydrogen-bond acceptors (Lipinski definition) is 5. The van der Waals surface area contributed by atoms with Crippen molar-refractivity contribution < 1.29 is 4.79 Å². The Balaban J connectivity index is 1.44. The molecule has 0 saturated heterocycles. The summed E-state index contributed by atoms with van der Waals surface area (Å²) in [5, 5.41) is 11.0. The minimum atomic E-state index is -0.201. The van der Waals surface area contributed by atoms with Crippen molar-refractivity contribution in [3.63, 3.8) is 0 Å². The highest BCUT2D eigenvalue weighted by molar-refractivity contribution is 6.02. The SMILES string of the molecule is Cc1cc(C(=O)Nc2cccc(CCc3nncn3C)c2)nc(C2CC2)n1. The first kappa shape index (κ1) is 17.3. The van der Waals surface area contributed by atoms with Crippen LogP contribution in [-0.4, -0.2) is 30.6 Å². The molecule has 0 spiro atoms. The van der Waals surface area contributed by atoms with E-state index in [9.17, 15) is 4.79 Å². The third-order valence-corrected chi connectivity index (χ3v) is 4.67. The van der Waals surface area contributed by atoms with Crippen molar-refractivity contribution >= 4 is 11.6 Å². The number of rotatable bonds is 6. The number of benzene rings is 1. The first-order chi connectivity index (χ1) is 13.1. The number of carbonyl (C=O) groups is 1. The summed E-state index contributed by atoms with van der Waals surface area (Å²) in [7, 11) is 1.94. The van der Waals surface area contributed by atoms with Crippen LogP contribution in [0.2, 0.25) is 0 Å². The van der Waals surface area contributed by atoms with E-state index < -0.39 is 0 Å². The van der Waals surface area contributed by atoms with Crippen LogP contribution in [0.3, 0.4) is 0 Å². The topological polar surface area (TPSA) is 85.6 Å². The van der Waals surface area contributed by atoms with E-state index in [2.05, 4.69) is 25.5 Å². The molecule has 3 aromatic rings. The fourth-order valence-electron chi connectivity index (χ4n) is 3.02. The zero-order valence-corrected chi connectivity index (χ0v) is 15.5. The first-order valence-corrected chi connectivity index (χ1v) is 9.17. The molecule has 1 fully saturated rings. The molecule has 2 heterocycles. The number of aromatic nitrogens is 5. The van der Waals surface area contributed by atoms with Gasteiger partial charge in [-0.15, -0.1) is 10.2 Å². The lowest BCUT2D eigenvalue weighted by molar-refractivity contribution is 0.102. The van der Waals surface area contributed by atoms with Crippen LogP contribution in [0.15, 0.2) is 36.7 Å². The van der Waals surface area contributed by atoms with Gasteiger partial charge in [-0.05, 0) is 49.9 Å². The van der Waals surface area contributed by atoms with Crippen LogP contribution in [-0.2, 0) is 19.9 Å². The van der Waals surface area contributed by atoms with Gasteiger partial charge in [-0.3, -0.25) is 4.79 Å². The number of nitrogens with zero attached hydrogens (tertiary/aromatic N) is 5. The Hall–Kier alpha value is -3.09. The molecule has 0 atom stereocenters. The Morgan fingerprint density at radius 1 is 1.22 bits per heavy atom. The molecule has 7 nitrogen and oxygen atoms in total. The number of aryl methyl sites for hydroxylation is 4. The maximum Gasteiger partial charge on any atom is 0.274 e. The Bertz CT molecular complexity index is 976. The summed E-state index contributed by atoms with van der Waals surface area (Å²) in [6.45, 7) is 1.90. The fourth-order valence-corrected chi connectivity index (χ4v) is 3.02. The molecule has 1 amide bonds. The average Bonchev–Trinajstić information content (AvgIpc) is 3.42. The molecule has 0 aliphatic heterocycles. The van der Waals surface area contributed by atoms with Crippen LogP contribution < -0.4 is 5.32 Å². The minimum absolute atomic E-state index is 0.201. The zero-order chi connectivity index (χ0) is 18.8. The van der Waals surface area contributed by atoms with Gasteiger partial charge in [0.1, 0.15) is 23.7 Å². The maximum atomic E-state index is 12.6. The standard InChI is InChI=1S/C20H22N6O/c1-13-10-17(24-19(22-13)15-7-8-15)20(27)23-16-5-3-4-14(11-16)6-9-18-25-21-12-26(18)2/h3-5,10-12,15H,6-9H2,1-2H3,(H,23,27). The van der Waals surface area contributed by atoms with E-state index in [1.54, 1.807) is 12.4 Å². The van der Waals surface area contributed by atoms with Gasteiger partial charge in [0.25, 0.3) is 5.91 Å². The largest absolute Gasteiger partial charge is 0.321 e. The molecule has 1 N–H and O–H groups in total. The van der Waals surface area contributed by atoms with Crippen molar-refractivity contribution in [1.29, 1.82) is 0 Å². The maximum absolute atomic E-state index is 12.6. The summed E-state index contributed by atoms with van der Waals surface area (Å²) >= 11 is 0. The summed E-state index contributed by atoms with van der Waals surface area (Å²) in [6, 6.07) is 9.61. The predicted molar refractivity (Wildman–Crippen MR) is 102 cm³/mol. The first-order valence-electron chi connectivity index (χ1n) is 9.17. The van der Waals surface area contributed by atoms with Crippen LogP contribution in [0, 0.1) is 6.92 Å². The molecule has 0 unspecified atom stereocenters. The normalized spacial score (nSPS) is 13.6. The van der Waals surface area contributed by atoms with Crippen LogP contribution in [0.5, 0.6) is 0 Å². The molecule has 1 saturated carbocycles. The lowest BCUT2D eigenvalue weighted by Crippen LogP contribution is -2.15. The molecule has 138 valence electrons. The van der Waals surface area contributed by atoms with Crippen LogP contribution >= 0.6 is 0 Å². The second-order valence-corrected chi connectivity index (χ2v) is 7.04. The van der Waals surface area contributed by atoms with Crippen LogP contribution in [0.4, 0.5) is 5.69 Å². The molecular formula is C20H22N6O. The van der Waals surface area contributed by atoms with E-state index in [1.165, 1.54) is 0 Å². The summed E-state index contributed by atoms with van der Waals surface area (Å²) in [4.78, 5) is 21.5. The molecule has 1 aliphatic carbocycles. The number of anilines is 1. The number of carbonyl (C=O) groups excluding carboxylic acids is 1. The van der Waals surface area contributed by atoms with E-state index in [4.69, 9.17) is 0 Å². The summed E-state index contributed by atoms with van der Waals surface area (Å²) in [5.74, 6) is 1.94. The Labute approximate surface area is 157 Å². The van der Waals surface area contributed by atoms with Gasteiger partial charge < -0.3 is 9.88 Å². The Morgan fingerprint density at radius 3 is 2.81 bits per heavy atom. The number of nitrogens with one attached hydrogen (secondary N) is 1. The minimum Gasteiger partial charge on any atom is -0.321 e. The quantitative estimate of drug-likeness (QED) is 0.729. The lowest BCUT2D eigenvalue weighted by Gasteiger charge is -2.09. The van der Waals surface area contributed by atoms with Gasteiger partial charge in [0, 0.05) is 30.8 Å². The van der Waals surface area contributed by atoms with E-state index in [-0.39, 0.29) is 5.91 Å². The third-order valence-electron chi connectivity index (χ3n) is 4.67. The summed E-state index contributed by atoms with van der Waals surface area (Å²) < 4.78 is 1.92. The predicted octanol–water partition coefficient (Wildman–Crippen LogP) is 2.83. The number of hydrogen-bond donors (Lipinski definition) is 1. The van der Waals surface area contributed by atoms with Crippen LogP contribution in [0.25, 0.3) is 0 Å². The molecule has 7 heteroatoms. The lowest BCUT2D eigenvalue weighted by atomic mass is 10.1. The smallest absolute Gasteiger partial charge is 0.274 e. The molecule has 2 aromatic heterocycles. The van der Waals surface area contributed by atoms with Gasteiger partial charge in [-0.25, -0.2) is 9.97 Å². The molecule has 1 aliphatic rings. The second kappa shape index (κ2) is 7.26.